The maximum Gasteiger partial charge on any atom is 0.227 e. The van der Waals surface area contributed by atoms with Crippen molar-refractivity contribution in [1.82, 2.24) is 9.97 Å². The van der Waals surface area contributed by atoms with Crippen LogP contribution in [0.1, 0.15) is 5.69 Å². The Balaban J connectivity index is 2.02. The molecule has 0 saturated carbocycles. The second-order valence-electron chi connectivity index (χ2n) is 4.82. The van der Waals surface area contributed by atoms with E-state index in [0.29, 0.717) is 5.89 Å². The summed E-state index contributed by atoms with van der Waals surface area (Å²) < 4.78 is 5.85. The van der Waals surface area contributed by atoms with Gasteiger partial charge in [-0.25, -0.2) is 4.98 Å². The number of hydrogen-bond donors (Lipinski definition) is 0. The second-order valence-corrected chi connectivity index (χ2v) is 4.82. The lowest BCUT2D eigenvalue weighted by atomic mass is 10.2. The summed E-state index contributed by atoms with van der Waals surface area (Å²) in [6.07, 6.45) is 0. The lowest BCUT2D eigenvalue weighted by Gasteiger charge is -1.97. The molecule has 4 aromatic rings. The Labute approximate surface area is 115 Å². The number of fused-ring (bicyclic) bond motifs is 3. The summed E-state index contributed by atoms with van der Waals surface area (Å²) in [6.45, 7) is 1.99. The van der Waals surface area contributed by atoms with Crippen LogP contribution in [-0.4, -0.2) is 9.97 Å². The van der Waals surface area contributed by atoms with E-state index in [1.165, 1.54) is 0 Å². The average molecular weight is 260 g/mol. The van der Waals surface area contributed by atoms with Crippen LogP contribution in [0.25, 0.3) is 33.5 Å². The summed E-state index contributed by atoms with van der Waals surface area (Å²) in [5, 5.41) is 1.03. The molecule has 0 saturated heterocycles. The number of benzene rings is 2. The Hall–Kier alpha value is -2.68. The molecule has 0 N–H and O–H groups in total. The summed E-state index contributed by atoms with van der Waals surface area (Å²) in [7, 11) is 0. The third-order valence-corrected chi connectivity index (χ3v) is 3.39. The van der Waals surface area contributed by atoms with E-state index >= 15 is 0 Å². The molecule has 0 fully saturated rings. The predicted molar refractivity (Wildman–Crippen MR) is 79.5 cm³/mol. The molecule has 0 radical (unpaired) electrons. The van der Waals surface area contributed by atoms with Crippen molar-refractivity contribution in [3.8, 4) is 11.5 Å². The Morgan fingerprint density at radius 2 is 1.70 bits per heavy atom. The van der Waals surface area contributed by atoms with Gasteiger partial charge in [-0.3, -0.25) is 4.98 Å². The molecule has 0 aliphatic carbocycles. The first-order valence-electron chi connectivity index (χ1n) is 6.53. The molecule has 0 bridgehead atoms. The maximum absolute atomic E-state index is 5.85. The molecule has 0 atom stereocenters. The van der Waals surface area contributed by atoms with Gasteiger partial charge in [0.1, 0.15) is 5.52 Å². The minimum atomic E-state index is 0.647. The number of aryl methyl sites for hydroxylation is 1. The van der Waals surface area contributed by atoms with Crippen molar-refractivity contribution in [2.45, 2.75) is 6.92 Å². The molecule has 96 valence electrons. The van der Waals surface area contributed by atoms with Crippen molar-refractivity contribution in [2.75, 3.05) is 0 Å². The average Bonchev–Trinajstić information content (AvgIpc) is 2.92. The fourth-order valence-corrected chi connectivity index (χ4v) is 2.40. The quantitative estimate of drug-likeness (QED) is 0.510. The van der Waals surface area contributed by atoms with Gasteiger partial charge in [0.05, 0.1) is 5.52 Å². The van der Waals surface area contributed by atoms with E-state index < -0.39 is 0 Å². The Kier molecular flexibility index (Phi) is 2.33. The highest BCUT2D eigenvalue weighted by atomic mass is 16.3. The minimum absolute atomic E-state index is 0.647. The molecule has 3 nitrogen and oxygen atoms in total. The highest BCUT2D eigenvalue weighted by Gasteiger charge is 2.11. The van der Waals surface area contributed by atoms with E-state index in [1.54, 1.807) is 0 Å². The van der Waals surface area contributed by atoms with Crippen LogP contribution < -0.4 is 0 Å². The van der Waals surface area contributed by atoms with Gasteiger partial charge in [0.25, 0.3) is 0 Å². The number of rotatable bonds is 1. The Morgan fingerprint density at radius 1 is 0.850 bits per heavy atom. The fourth-order valence-electron chi connectivity index (χ4n) is 2.40. The monoisotopic (exact) mass is 260 g/mol. The van der Waals surface area contributed by atoms with Crippen LogP contribution in [0.5, 0.6) is 0 Å². The van der Waals surface area contributed by atoms with E-state index in [9.17, 15) is 0 Å². The zero-order valence-corrected chi connectivity index (χ0v) is 11.0. The number of aromatic nitrogens is 2. The van der Waals surface area contributed by atoms with Crippen molar-refractivity contribution in [1.29, 1.82) is 0 Å². The third kappa shape index (κ3) is 1.67. The van der Waals surface area contributed by atoms with E-state index in [1.807, 2.05) is 55.5 Å². The largest absolute Gasteiger partial charge is 0.436 e. The number of nitrogens with zero attached hydrogens (tertiary/aromatic N) is 2. The summed E-state index contributed by atoms with van der Waals surface area (Å²) in [5.74, 6) is 0.647. The van der Waals surface area contributed by atoms with Crippen LogP contribution >= 0.6 is 0 Å². The van der Waals surface area contributed by atoms with Crippen molar-refractivity contribution in [3.63, 3.8) is 0 Å². The minimum Gasteiger partial charge on any atom is -0.436 e. The highest BCUT2D eigenvalue weighted by molar-refractivity contribution is 6.02. The van der Waals surface area contributed by atoms with E-state index in [0.717, 1.165) is 33.3 Å². The van der Waals surface area contributed by atoms with E-state index in [4.69, 9.17) is 4.42 Å². The van der Waals surface area contributed by atoms with Crippen molar-refractivity contribution >= 4 is 22.0 Å². The second kappa shape index (κ2) is 4.17. The lowest BCUT2D eigenvalue weighted by molar-refractivity contribution is 0.620. The van der Waals surface area contributed by atoms with Crippen LogP contribution in [0.2, 0.25) is 0 Å². The molecule has 0 aliphatic rings. The van der Waals surface area contributed by atoms with Gasteiger partial charge in [-0.1, -0.05) is 18.2 Å². The highest BCUT2D eigenvalue weighted by Crippen LogP contribution is 2.28. The molecular weight excluding hydrogens is 248 g/mol. The molecule has 0 unspecified atom stereocenters. The fraction of sp³-hybridized carbons (Fsp3) is 0.0588. The third-order valence-electron chi connectivity index (χ3n) is 3.39. The Morgan fingerprint density at radius 3 is 2.55 bits per heavy atom. The van der Waals surface area contributed by atoms with E-state index in [2.05, 4.69) is 16.0 Å². The SMILES string of the molecule is Cc1ccc2c(ccc3oc(-c4ccccc4)nc32)n1. The molecule has 2 aromatic heterocycles. The van der Waals surface area contributed by atoms with Crippen LogP contribution in [-0.2, 0) is 0 Å². The van der Waals surface area contributed by atoms with E-state index in [-0.39, 0.29) is 0 Å². The smallest absolute Gasteiger partial charge is 0.227 e. The number of hydrogen-bond acceptors (Lipinski definition) is 3. The summed E-state index contributed by atoms with van der Waals surface area (Å²) in [6, 6.07) is 17.9. The van der Waals surface area contributed by atoms with Gasteiger partial charge < -0.3 is 4.42 Å². The number of oxazole rings is 1. The van der Waals surface area contributed by atoms with Gasteiger partial charge >= 0.3 is 0 Å². The van der Waals surface area contributed by atoms with Crippen molar-refractivity contribution in [3.05, 3.63) is 60.3 Å². The molecule has 4 rings (SSSR count). The molecule has 3 heteroatoms. The van der Waals surface area contributed by atoms with Crippen LogP contribution in [0.15, 0.2) is 59.0 Å². The first-order chi connectivity index (χ1) is 9.81. The van der Waals surface area contributed by atoms with Gasteiger partial charge in [0.2, 0.25) is 5.89 Å². The maximum atomic E-state index is 5.85. The van der Waals surface area contributed by atoms with Crippen molar-refractivity contribution in [2.24, 2.45) is 0 Å². The predicted octanol–water partition coefficient (Wildman–Crippen LogP) is 4.35. The van der Waals surface area contributed by atoms with Crippen LogP contribution in [0.4, 0.5) is 0 Å². The lowest BCUT2D eigenvalue weighted by Crippen LogP contribution is -1.83. The summed E-state index contributed by atoms with van der Waals surface area (Å²) >= 11 is 0. The topological polar surface area (TPSA) is 38.9 Å². The summed E-state index contributed by atoms with van der Waals surface area (Å²) in [4.78, 5) is 9.16. The molecule has 0 spiro atoms. The standard InChI is InChI=1S/C17H12N2O/c1-11-7-8-13-14(18-11)9-10-15-16(13)19-17(20-15)12-5-3-2-4-6-12/h2-10H,1H3. The first kappa shape index (κ1) is 11.2. The molecule has 0 amide bonds. The van der Waals surface area contributed by atoms with Gasteiger partial charge in [-0.05, 0) is 43.3 Å². The van der Waals surface area contributed by atoms with Gasteiger partial charge in [0, 0.05) is 16.6 Å². The van der Waals surface area contributed by atoms with Crippen LogP contribution in [0.3, 0.4) is 0 Å². The molecular formula is C17H12N2O. The van der Waals surface area contributed by atoms with Gasteiger partial charge in [-0.2, -0.15) is 0 Å². The molecule has 0 aliphatic heterocycles. The first-order valence-corrected chi connectivity index (χ1v) is 6.53. The zero-order valence-electron chi connectivity index (χ0n) is 11.0. The number of pyridine rings is 1. The van der Waals surface area contributed by atoms with Crippen LogP contribution in [0, 0.1) is 6.92 Å². The Bertz CT molecular complexity index is 910. The molecule has 20 heavy (non-hydrogen) atoms. The normalized spacial score (nSPS) is 11.2. The molecule has 2 heterocycles. The summed E-state index contributed by atoms with van der Waals surface area (Å²) in [5.41, 5.74) is 4.60. The molecule has 2 aromatic carbocycles. The zero-order chi connectivity index (χ0) is 13.5. The van der Waals surface area contributed by atoms with Crippen molar-refractivity contribution < 1.29 is 4.42 Å². The van der Waals surface area contributed by atoms with Gasteiger partial charge in [0.15, 0.2) is 5.58 Å². The van der Waals surface area contributed by atoms with Gasteiger partial charge in [-0.15, -0.1) is 0 Å².